The van der Waals surface area contributed by atoms with Gasteiger partial charge in [0.05, 0.1) is 17.5 Å². The average molecular weight is 416 g/mol. The van der Waals surface area contributed by atoms with Gasteiger partial charge >= 0.3 is 0 Å². The SMILES string of the molecule is O=C(NC1CCN2C(=O)c3cc(-c4ccco4)ccc3NC(=O)C2C1)c1ccncc1. The molecule has 2 atom stereocenters. The minimum absolute atomic E-state index is 0.203. The van der Waals surface area contributed by atoms with E-state index in [0.29, 0.717) is 42.0 Å². The van der Waals surface area contributed by atoms with Crippen LogP contribution in [0.15, 0.2) is 65.5 Å². The number of nitrogens with zero attached hydrogens (tertiary/aromatic N) is 2. The van der Waals surface area contributed by atoms with Gasteiger partial charge in [-0.25, -0.2) is 0 Å². The van der Waals surface area contributed by atoms with Crippen LogP contribution in [0.5, 0.6) is 0 Å². The van der Waals surface area contributed by atoms with E-state index in [1.807, 2.05) is 12.1 Å². The summed E-state index contributed by atoms with van der Waals surface area (Å²) in [6.07, 6.45) is 5.62. The molecule has 3 amide bonds. The fourth-order valence-electron chi connectivity index (χ4n) is 4.16. The quantitative estimate of drug-likeness (QED) is 0.683. The molecule has 0 bridgehead atoms. The number of piperidine rings is 1. The molecule has 1 aromatic carbocycles. The molecule has 156 valence electrons. The summed E-state index contributed by atoms with van der Waals surface area (Å²) in [4.78, 5) is 44.2. The van der Waals surface area contributed by atoms with Crippen molar-refractivity contribution in [3.05, 3.63) is 72.2 Å². The maximum Gasteiger partial charge on any atom is 0.256 e. The third-order valence-electron chi connectivity index (χ3n) is 5.76. The normalized spacial score (nSPS) is 20.3. The highest BCUT2D eigenvalue weighted by molar-refractivity contribution is 6.10. The fraction of sp³-hybridized carbons (Fsp3) is 0.217. The second-order valence-electron chi connectivity index (χ2n) is 7.67. The van der Waals surface area contributed by atoms with Crippen LogP contribution in [-0.2, 0) is 4.79 Å². The second kappa shape index (κ2) is 7.71. The molecule has 2 N–H and O–H groups in total. The Bertz CT molecular complexity index is 1140. The number of nitrogens with one attached hydrogen (secondary N) is 2. The zero-order valence-corrected chi connectivity index (χ0v) is 16.6. The van der Waals surface area contributed by atoms with E-state index in [9.17, 15) is 14.4 Å². The first-order valence-electron chi connectivity index (χ1n) is 10.1. The molecule has 2 aliphatic rings. The van der Waals surface area contributed by atoms with E-state index in [-0.39, 0.29) is 23.8 Å². The number of fused-ring (bicyclic) bond motifs is 2. The van der Waals surface area contributed by atoms with Crippen LogP contribution in [0.25, 0.3) is 11.3 Å². The lowest BCUT2D eigenvalue weighted by molar-refractivity contribution is -0.121. The van der Waals surface area contributed by atoms with Crippen molar-refractivity contribution >= 4 is 23.4 Å². The monoisotopic (exact) mass is 416 g/mol. The average Bonchev–Trinajstić information content (AvgIpc) is 3.31. The summed E-state index contributed by atoms with van der Waals surface area (Å²) in [5.74, 6) is -0.0146. The van der Waals surface area contributed by atoms with E-state index in [1.54, 1.807) is 53.9 Å². The molecule has 0 radical (unpaired) electrons. The maximum atomic E-state index is 13.3. The molecule has 4 heterocycles. The summed E-state index contributed by atoms with van der Waals surface area (Å²) in [7, 11) is 0. The van der Waals surface area contributed by atoms with Crippen LogP contribution in [0.4, 0.5) is 5.69 Å². The summed E-state index contributed by atoms with van der Waals surface area (Å²) in [6.45, 7) is 0.378. The number of carbonyl (C=O) groups is 3. The molecule has 1 fully saturated rings. The number of carbonyl (C=O) groups excluding carboxylic acids is 3. The molecule has 0 aliphatic carbocycles. The molecule has 31 heavy (non-hydrogen) atoms. The third kappa shape index (κ3) is 3.56. The van der Waals surface area contributed by atoms with Crippen molar-refractivity contribution in [1.82, 2.24) is 15.2 Å². The zero-order valence-electron chi connectivity index (χ0n) is 16.6. The smallest absolute Gasteiger partial charge is 0.256 e. The lowest BCUT2D eigenvalue weighted by Gasteiger charge is -2.37. The van der Waals surface area contributed by atoms with Crippen molar-refractivity contribution in [3.63, 3.8) is 0 Å². The molecule has 3 aromatic rings. The molecule has 2 aliphatic heterocycles. The summed E-state index contributed by atoms with van der Waals surface area (Å²) < 4.78 is 5.44. The highest BCUT2D eigenvalue weighted by Crippen LogP contribution is 2.32. The van der Waals surface area contributed by atoms with Crippen molar-refractivity contribution in [1.29, 1.82) is 0 Å². The van der Waals surface area contributed by atoms with Crippen LogP contribution in [0, 0.1) is 0 Å². The Morgan fingerprint density at radius 3 is 2.77 bits per heavy atom. The van der Waals surface area contributed by atoms with Gasteiger partial charge in [-0.05, 0) is 55.3 Å². The summed E-state index contributed by atoms with van der Waals surface area (Å²) in [6, 6.07) is 11.3. The first-order valence-corrected chi connectivity index (χ1v) is 10.1. The number of anilines is 1. The molecule has 0 saturated carbocycles. The lowest BCUT2D eigenvalue weighted by Crippen LogP contribution is -2.55. The Balaban J connectivity index is 1.37. The van der Waals surface area contributed by atoms with Gasteiger partial charge in [0.1, 0.15) is 11.8 Å². The number of benzene rings is 1. The van der Waals surface area contributed by atoms with Crippen LogP contribution in [0.2, 0.25) is 0 Å². The van der Waals surface area contributed by atoms with Gasteiger partial charge in [0.25, 0.3) is 11.8 Å². The number of hydrogen-bond acceptors (Lipinski definition) is 5. The number of aromatic nitrogens is 1. The van der Waals surface area contributed by atoms with Crippen LogP contribution in [0.1, 0.15) is 33.6 Å². The first-order chi connectivity index (χ1) is 15.1. The molecule has 2 unspecified atom stereocenters. The molecule has 1 saturated heterocycles. The highest BCUT2D eigenvalue weighted by atomic mass is 16.3. The van der Waals surface area contributed by atoms with Crippen molar-refractivity contribution in [2.24, 2.45) is 0 Å². The Morgan fingerprint density at radius 2 is 2.00 bits per heavy atom. The van der Waals surface area contributed by atoms with E-state index in [4.69, 9.17) is 4.42 Å². The standard InChI is InChI=1S/C23H20N4O4/c28-21(14-5-8-24-9-6-14)25-16-7-10-27-19(13-16)22(29)26-18-4-3-15(12-17(18)23(27)30)20-2-1-11-31-20/h1-6,8-9,11-12,16,19H,7,10,13H2,(H,25,28)(H,26,29). The Hall–Kier alpha value is -3.94. The van der Waals surface area contributed by atoms with Crippen molar-refractivity contribution < 1.29 is 18.8 Å². The maximum absolute atomic E-state index is 13.3. The lowest BCUT2D eigenvalue weighted by atomic mass is 9.95. The second-order valence-corrected chi connectivity index (χ2v) is 7.67. The van der Waals surface area contributed by atoms with Crippen LogP contribution in [-0.4, -0.2) is 46.2 Å². The fourth-order valence-corrected chi connectivity index (χ4v) is 4.16. The predicted molar refractivity (Wildman–Crippen MR) is 112 cm³/mol. The van der Waals surface area contributed by atoms with Gasteiger partial charge < -0.3 is 20.0 Å². The van der Waals surface area contributed by atoms with Gasteiger partial charge in [-0.2, -0.15) is 0 Å². The van der Waals surface area contributed by atoms with E-state index in [0.717, 1.165) is 5.56 Å². The Morgan fingerprint density at radius 1 is 1.16 bits per heavy atom. The van der Waals surface area contributed by atoms with E-state index >= 15 is 0 Å². The zero-order chi connectivity index (χ0) is 21.4. The first kappa shape index (κ1) is 19.0. The predicted octanol–water partition coefficient (Wildman–Crippen LogP) is 2.70. The highest BCUT2D eigenvalue weighted by Gasteiger charge is 2.40. The van der Waals surface area contributed by atoms with Crippen molar-refractivity contribution in [2.75, 3.05) is 11.9 Å². The number of pyridine rings is 1. The number of hydrogen-bond donors (Lipinski definition) is 2. The topological polar surface area (TPSA) is 105 Å². The molecular weight excluding hydrogens is 396 g/mol. The molecule has 2 aromatic heterocycles. The van der Waals surface area contributed by atoms with Crippen LogP contribution >= 0.6 is 0 Å². The Kier molecular flexibility index (Phi) is 4.74. The van der Waals surface area contributed by atoms with Crippen molar-refractivity contribution in [2.45, 2.75) is 24.9 Å². The van der Waals surface area contributed by atoms with Gasteiger partial charge in [0.2, 0.25) is 5.91 Å². The number of rotatable bonds is 3. The van der Waals surface area contributed by atoms with Gasteiger partial charge in [-0.15, -0.1) is 0 Å². The van der Waals surface area contributed by atoms with Crippen LogP contribution < -0.4 is 10.6 Å². The van der Waals surface area contributed by atoms with Crippen LogP contribution in [0.3, 0.4) is 0 Å². The van der Waals surface area contributed by atoms with E-state index in [2.05, 4.69) is 15.6 Å². The minimum Gasteiger partial charge on any atom is -0.464 e. The minimum atomic E-state index is -0.650. The summed E-state index contributed by atoms with van der Waals surface area (Å²) >= 11 is 0. The summed E-state index contributed by atoms with van der Waals surface area (Å²) in [5.41, 5.74) is 2.20. The van der Waals surface area contributed by atoms with E-state index < -0.39 is 6.04 Å². The molecule has 8 heteroatoms. The van der Waals surface area contributed by atoms with Gasteiger partial charge in [0, 0.05) is 36.1 Å². The van der Waals surface area contributed by atoms with Gasteiger partial charge in [-0.3, -0.25) is 19.4 Å². The van der Waals surface area contributed by atoms with Gasteiger partial charge in [0.15, 0.2) is 0 Å². The van der Waals surface area contributed by atoms with Gasteiger partial charge in [-0.1, -0.05) is 0 Å². The number of amides is 3. The largest absolute Gasteiger partial charge is 0.464 e. The molecular formula is C23H20N4O4. The molecule has 0 spiro atoms. The van der Waals surface area contributed by atoms with E-state index in [1.165, 1.54) is 0 Å². The third-order valence-corrected chi connectivity index (χ3v) is 5.76. The Labute approximate surface area is 178 Å². The summed E-state index contributed by atoms with van der Waals surface area (Å²) in [5, 5.41) is 5.85. The number of furan rings is 1. The molecule has 8 nitrogen and oxygen atoms in total. The molecule has 5 rings (SSSR count). The van der Waals surface area contributed by atoms with Crippen molar-refractivity contribution in [3.8, 4) is 11.3 Å².